The molecule has 20 heavy (non-hydrogen) atoms. The highest BCUT2D eigenvalue weighted by atomic mass is 35.5. The lowest BCUT2D eigenvalue weighted by atomic mass is 10.2. The maximum Gasteiger partial charge on any atom is 0.387 e. The zero-order valence-corrected chi connectivity index (χ0v) is 11.9. The van der Waals surface area contributed by atoms with Crippen LogP contribution in [0, 0.1) is 5.82 Å². The summed E-state index contributed by atoms with van der Waals surface area (Å²) in [6.45, 7) is -1.15. The first kappa shape index (κ1) is 15.0. The van der Waals surface area contributed by atoms with Crippen LogP contribution in [0.3, 0.4) is 0 Å². The van der Waals surface area contributed by atoms with Crippen LogP contribution in [0.4, 0.5) is 18.9 Å². The van der Waals surface area contributed by atoms with Crippen LogP contribution in [0.5, 0.6) is 5.75 Å². The van der Waals surface area contributed by atoms with Gasteiger partial charge in [-0.25, -0.2) is 4.39 Å². The number of halogens is 4. The molecule has 2 aromatic rings. The average Bonchev–Trinajstić information content (AvgIpc) is 2.79. The first-order valence-corrected chi connectivity index (χ1v) is 6.91. The van der Waals surface area contributed by atoms with Crippen molar-refractivity contribution in [3.8, 4) is 5.75 Å². The predicted molar refractivity (Wildman–Crippen MR) is 74.4 cm³/mol. The number of thiophene rings is 1. The molecule has 0 radical (unpaired) electrons. The van der Waals surface area contributed by atoms with Crippen molar-refractivity contribution in [2.24, 2.45) is 0 Å². The maximum atomic E-state index is 13.6. The van der Waals surface area contributed by atoms with Gasteiger partial charge in [0.05, 0.1) is 10.4 Å². The molecule has 0 saturated carbocycles. The van der Waals surface area contributed by atoms with Crippen molar-refractivity contribution in [2.75, 3.05) is 5.32 Å². The number of hydrogen-bond donors (Lipinski definition) is 1. The highest BCUT2D eigenvalue weighted by molar-refractivity contribution is 7.16. The molecule has 1 aromatic carbocycles. The van der Waals surface area contributed by atoms with Crippen molar-refractivity contribution >= 4 is 28.6 Å². The van der Waals surface area contributed by atoms with Crippen LogP contribution in [0.15, 0.2) is 30.3 Å². The molecule has 1 aromatic heterocycles. The fourth-order valence-corrected chi connectivity index (χ4v) is 2.73. The van der Waals surface area contributed by atoms with E-state index in [1.54, 1.807) is 6.07 Å². The van der Waals surface area contributed by atoms with Gasteiger partial charge in [0.25, 0.3) is 0 Å². The average molecular weight is 322 g/mol. The van der Waals surface area contributed by atoms with E-state index in [0.29, 0.717) is 10.0 Å². The summed E-state index contributed by atoms with van der Waals surface area (Å²) in [5.74, 6) is -1.32. The van der Waals surface area contributed by atoms with Crippen LogP contribution >= 0.6 is 22.9 Å². The second-order valence-electron chi connectivity index (χ2n) is 4.03. The molecule has 0 aliphatic rings. The van der Waals surface area contributed by atoms with E-state index >= 15 is 0 Å². The van der Waals surface area contributed by atoms with Gasteiger partial charge in [0.2, 0.25) is 0 Å². The Labute approximate surface area is 123 Å². The van der Waals surface area contributed by atoms with Crippen molar-refractivity contribution in [3.63, 3.8) is 0 Å². The van der Waals surface area contributed by atoms with Gasteiger partial charge in [-0.15, -0.1) is 11.3 Å². The molecule has 2 nitrogen and oxygen atoms in total. The minimum atomic E-state index is -3.05. The van der Waals surface area contributed by atoms with E-state index in [2.05, 4.69) is 10.1 Å². The van der Waals surface area contributed by atoms with Crippen LogP contribution in [0.25, 0.3) is 0 Å². The molecule has 0 bridgehead atoms. The quantitative estimate of drug-likeness (QED) is 0.805. The van der Waals surface area contributed by atoms with Crippen molar-refractivity contribution in [2.45, 2.75) is 19.6 Å². The SMILES string of the molecule is CC(Nc1ccc(OC(F)F)c(F)c1)c1ccc(Cl)s1. The standard InChI is InChI=1S/C13H11ClF3NOS/c1-7(11-4-5-12(14)20-11)18-8-2-3-10(9(15)6-8)19-13(16)17/h2-7,13,18H,1H3. The topological polar surface area (TPSA) is 21.3 Å². The van der Waals surface area contributed by atoms with Gasteiger partial charge in [-0.3, -0.25) is 0 Å². The number of rotatable bonds is 5. The summed E-state index contributed by atoms with van der Waals surface area (Å²) < 4.78 is 42.3. The largest absolute Gasteiger partial charge is 0.432 e. The van der Waals surface area contributed by atoms with Gasteiger partial charge in [-0.05, 0) is 31.2 Å². The third-order valence-corrected chi connectivity index (χ3v) is 3.97. The van der Waals surface area contributed by atoms with Gasteiger partial charge in [-0.1, -0.05) is 11.6 Å². The Kier molecular flexibility index (Phi) is 4.77. The molecular weight excluding hydrogens is 311 g/mol. The van der Waals surface area contributed by atoms with Gasteiger partial charge in [0.1, 0.15) is 0 Å². The Balaban J connectivity index is 2.08. The Morgan fingerprint density at radius 2 is 2.00 bits per heavy atom. The number of benzene rings is 1. The molecule has 0 saturated heterocycles. The van der Waals surface area contributed by atoms with E-state index in [1.165, 1.54) is 17.4 Å². The summed E-state index contributed by atoms with van der Waals surface area (Å²) in [5, 5.41) is 3.06. The molecule has 7 heteroatoms. The fourth-order valence-electron chi connectivity index (χ4n) is 1.66. The molecule has 2 rings (SSSR count). The van der Waals surface area contributed by atoms with Crippen LogP contribution in [0.2, 0.25) is 4.34 Å². The third-order valence-electron chi connectivity index (χ3n) is 2.55. The van der Waals surface area contributed by atoms with Crippen LogP contribution in [0.1, 0.15) is 17.8 Å². The molecule has 108 valence electrons. The zero-order chi connectivity index (χ0) is 14.7. The lowest BCUT2D eigenvalue weighted by molar-refractivity contribution is -0.0521. The normalized spacial score (nSPS) is 12.5. The highest BCUT2D eigenvalue weighted by Gasteiger charge is 2.12. The Morgan fingerprint density at radius 1 is 1.25 bits per heavy atom. The van der Waals surface area contributed by atoms with E-state index in [-0.39, 0.29) is 6.04 Å². The van der Waals surface area contributed by atoms with Crippen molar-refractivity contribution < 1.29 is 17.9 Å². The number of anilines is 1. The second kappa shape index (κ2) is 6.37. The molecule has 0 aliphatic carbocycles. The number of nitrogens with one attached hydrogen (secondary N) is 1. The summed E-state index contributed by atoms with van der Waals surface area (Å²) in [6.07, 6.45) is 0. The Morgan fingerprint density at radius 3 is 2.55 bits per heavy atom. The van der Waals surface area contributed by atoms with E-state index in [1.807, 2.05) is 13.0 Å². The van der Waals surface area contributed by atoms with Gasteiger partial charge in [0.15, 0.2) is 11.6 Å². The predicted octanol–water partition coefficient (Wildman–Crippen LogP) is 5.32. The van der Waals surface area contributed by atoms with E-state index < -0.39 is 18.2 Å². The van der Waals surface area contributed by atoms with Gasteiger partial charge in [-0.2, -0.15) is 8.78 Å². The summed E-state index contributed by atoms with van der Waals surface area (Å²) in [4.78, 5) is 0.989. The van der Waals surface area contributed by atoms with Crippen LogP contribution in [-0.4, -0.2) is 6.61 Å². The molecule has 1 heterocycles. The zero-order valence-electron chi connectivity index (χ0n) is 10.4. The first-order chi connectivity index (χ1) is 9.45. The number of alkyl halides is 2. The summed E-state index contributed by atoms with van der Waals surface area (Å²) >= 11 is 7.26. The summed E-state index contributed by atoms with van der Waals surface area (Å²) in [6, 6.07) is 7.33. The van der Waals surface area contributed by atoms with Crippen LogP contribution in [-0.2, 0) is 0 Å². The maximum absolute atomic E-state index is 13.6. The smallest absolute Gasteiger partial charge is 0.387 e. The summed E-state index contributed by atoms with van der Waals surface area (Å²) in [7, 11) is 0. The molecule has 1 atom stereocenters. The Bertz CT molecular complexity index is 591. The van der Waals surface area contributed by atoms with E-state index in [4.69, 9.17) is 11.6 Å². The number of hydrogen-bond acceptors (Lipinski definition) is 3. The monoisotopic (exact) mass is 321 g/mol. The molecule has 0 fully saturated rings. The van der Waals surface area contributed by atoms with Gasteiger partial charge < -0.3 is 10.1 Å². The summed E-state index contributed by atoms with van der Waals surface area (Å²) in [5.41, 5.74) is 0.473. The fraction of sp³-hybridized carbons (Fsp3) is 0.231. The molecular formula is C13H11ClF3NOS. The molecule has 1 unspecified atom stereocenters. The van der Waals surface area contributed by atoms with Crippen molar-refractivity contribution in [3.05, 3.63) is 45.4 Å². The van der Waals surface area contributed by atoms with Crippen molar-refractivity contribution in [1.29, 1.82) is 0 Å². The minimum absolute atomic E-state index is 0.0752. The number of ether oxygens (including phenoxy) is 1. The molecule has 0 aliphatic heterocycles. The van der Waals surface area contributed by atoms with E-state index in [9.17, 15) is 13.2 Å². The van der Waals surface area contributed by atoms with E-state index in [0.717, 1.165) is 17.0 Å². The van der Waals surface area contributed by atoms with Gasteiger partial charge in [0, 0.05) is 16.6 Å². The molecule has 0 amide bonds. The first-order valence-electron chi connectivity index (χ1n) is 5.72. The van der Waals surface area contributed by atoms with Crippen LogP contribution < -0.4 is 10.1 Å². The van der Waals surface area contributed by atoms with Gasteiger partial charge >= 0.3 is 6.61 Å². The minimum Gasteiger partial charge on any atom is -0.432 e. The lowest BCUT2D eigenvalue weighted by Crippen LogP contribution is -2.07. The Hall–Kier alpha value is -1.40. The highest BCUT2D eigenvalue weighted by Crippen LogP contribution is 2.30. The third kappa shape index (κ3) is 3.80. The molecule has 0 spiro atoms. The second-order valence-corrected chi connectivity index (χ2v) is 5.78. The molecule has 1 N–H and O–H groups in total. The lowest BCUT2D eigenvalue weighted by Gasteiger charge is -2.14. The van der Waals surface area contributed by atoms with Crippen molar-refractivity contribution in [1.82, 2.24) is 0 Å².